The number of fused-ring (bicyclic) bond motifs is 1. The van der Waals surface area contributed by atoms with Gasteiger partial charge in [-0.15, -0.1) is 0 Å². The second kappa shape index (κ2) is 2.36. The van der Waals surface area contributed by atoms with Gasteiger partial charge >= 0.3 is 5.97 Å². The molecule has 3 atom stereocenters. The lowest BCUT2D eigenvalue weighted by Gasteiger charge is -2.18. The fourth-order valence-corrected chi connectivity index (χ4v) is 1.98. The first-order valence-electron chi connectivity index (χ1n) is 4.14. The normalized spacial score (nSPS) is 41.9. The van der Waals surface area contributed by atoms with Crippen molar-refractivity contribution < 1.29 is 9.53 Å². The number of hydrogen-bond acceptors (Lipinski definition) is 2. The van der Waals surface area contributed by atoms with Gasteiger partial charge in [0, 0.05) is 5.92 Å². The molecule has 1 aliphatic heterocycles. The number of hydrogen-bond donors (Lipinski definition) is 0. The quantitative estimate of drug-likeness (QED) is 0.388. The Labute approximate surface area is 66.2 Å². The first-order valence-corrected chi connectivity index (χ1v) is 4.14. The van der Waals surface area contributed by atoms with E-state index >= 15 is 0 Å². The van der Waals surface area contributed by atoms with Gasteiger partial charge in [0.1, 0.15) is 6.10 Å². The van der Waals surface area contributed by atoms with Crippen molar-refractivity contribution in [1.82, 2.24) is 0 Å². The molecule has 1 aliphatic carbocycles. The maximum absolute atomic E-state index is 11.2. The van der Waals surface area contributed by atoms with Crippen LogP contribution in [0.4, 0.5) is 0 Å². The van der Waals surface area contributed by atoms with Gasteiger partial charge in [-0.1, -0.05) is 12.2 Å². The van der Waals surface area contributed by atoms with Gasteiger partial charge in [0.05, 0.1) is 5.92 Å². The molecule has 0 aromatic heterocycles. The topological polar surface area (TPSA) is 26.3 Å². The van der Waals surface area contributed by atoms with Crippen molar-refractivity contribution in [2.45, 2.75) is 25.9 Å². The smallest absolute Gasteiger partial charge is 0.309 e. The first kappa shape index (κ1) is 6.89. The standard InChI is InChI=1S/C9H12O2/c1-6-7-4-2-3-5-8(7)9(10)11-6/h2-3,6-8H,4-5H2,1H3/t6-,7-,8-/m0/s1. The molecule has 0 N–H and O–H groups in total. The number of cyclic esters (lactones) is 1. The van der Waals surface area contributed by atoms with Crippen molar-refractivity contribution in [3.8, 4) is 0 Å². The number of carbonyl (C=O) groups excluding carboxylic acids is 1. The Morgan fingerprint density at radius 3 is 2.91 bits per heavy atom. The summed E-state index contributed by atoms with van der Waals surface area (Å²) in [6.07, 6.45) is 6.27. The number of esters is 1. The molecule has 2 rings (SSSR count). The predicted molar refractivity (Wildman–Crippen MR) is 40.9 cm³/mol. The molecule has 0 amide bonds. The van der Waals surface area contributed by atoms with Crippen LogP contribution >= 0.6 is 0 Å². The molecule has 0 aromatic carbocycles. The largest absolute Gasteiger partial charge is 0.462 e. The van der Waals surface area contributed by atoms with Crippen LogP contribution in [0.5, 0.6) is 0 Å². The summed E-state index contributed by atoms with van der Waals surface area (Å²) in [5.41, 5.74) is 0. The van der Waals surface area contributed by atoms with Crippen LogP contribution in [-0.2, 0) is 9.53 Å². The van der Waals surface area contributed by atoms with Crippen LogP contribution in [0.15, 0.2) is 12.2 Å². The minimum absolute atomic E-state index is 0.00634. The molecule has 2 heteroatoms. The maximum atomic E-state index is 11.2. The van der Waals surface area contributed by atoms with E-state index in [0.717, 1.165) is 12.8 Å². The summed E-state index contributed by atoms with van der Waals surface area (Å²) in [5, 5.41) is 0. The highest BCUT2D eigenvalue weighted by Gasteiger charge is 2.41. The summed E-state index contributed by atoms with van der Waals surface area (Å²) in [4.78, 5) is 11.2. The fourth-order valence-electron chi connectivity index (χ4n) is 1.98. The van der Waals surface area contributed by atoms with Crippen molar-refractivity contribution in [3.63, 3.8) is 0 Å². The van der Waals surface area contributed by atoms with Crippen LogP contribution in [0.1, 0.15) is 19.8 Å². The molecular formula is C9H12O2. The minimum atomic E-state index is 0.00634. The van der Waals surface area contributed by atoms with E-state index < -0.39 is 0 Å². The monoisotopic (exact) mass is 152 g/mol. The second-order valence-electron chi connectivity index (χ2n) is 3.36. The SMILES string of the molecule is C[C@@H]1OC(=O)[C@H]2CC=CC[C@@H]12. The molecule has 1 heterocycles. The van der Waals surface area contributed by atoms with Crippen LogP contribution in [0.25, 0.3) is 0 Å². The molecule has 0 aromatic rings. The summed E-state index contributed by atoms with van der Waals surface area (Å²) in [5.74, 6) is 0.620. The Morgan fingerprint density at radius 2 is 2.18 bits per heavy atom. The molecule has 2 aliphatic rings. The van der Waals surface area contributed by atoms with Gasteiger partial charge < -0.3 is 4.74 Å². The number of rotatable bonds is 0. The van der Waals surface area contributed by atoms with Gasteiger partial charge in [-0.2, -0.15) is 0 Å². The van der Waals surface area contributed by atoms with Gasteiger partial charge in [-0.3, -0.25) is 4.79 Å². The molecular weight excluding hydrogens is 140 g/mol. The number of allylic oxidation sites excluding steroid dienone is 2. The summed E-state index contributed by atoms with van der Waals surface area (Å²) in [7, 11) is 0. The summed E-state index contributed by atoms with van der Waals surface area (Å²) >= 11 is 0. The average Bonchev–Trinajstić information content (AvgIpc) is 2.30. The fraction of sp³-hybridized carbons (Fsp3) is 0.667. The van der Waals surface area contributed by atoms with Gasteiger partial charge in [0.25, 0.3) is 0 Å². The second-order valence-corrected chi connectivity index (χ2v) is 3.36. The average molecular weight is 152 g/mol. The van der Waals surface area contributed by atoms with Gasteiger partial charge in [0.15, 0.2) is 0 Å². The number of ether oxygens (including phenoxy) is 1. The van der Waals surface area contributed by atoms with Gasteiger partial charge in [-0.05, 0) is 19.8 Å². The van der Waals surface area contributed by atoms with E-state index in [0.29, 0.717) is 5.92 Å². The molecule has 60 valence electrons. The summed E-state index contributed by atoms with van der Waals surface area (Å²) in [6, 6.07) is 0. The van der Waals surface area contributed by atoms with E-state index in [1.165, 1.54) is 0 Å². The molecule has 0 saturated carbocycles. The molecule has 1 saturated heterocycles. The van der Waals surface area contributed by atoms with Crippen molar-refractivity contribution >= 4 is 5.97 Å². The van der Waals surface area contributed by atoms with Crippen molar-refractivity contribution in [2.24, 2.45) is 11.8 Å². The van der Waals surface area contributed by atoms with Crippen LogP contribution in [0.3, 0.4) is 0 Å². The Balaban J connectivity index is 2.21. The van der Waals surface area contributed by atoms with E-state index in [1.54, 1.807) is 0 Å². The highest BCUT2D eigenvalue weighted by atomic mass is 16.6. The van der Waals surface area contributed by atoms with Crippen molar-refractivity contribution in [1.29, 1.82) is 0 Å². The Kier molecular flexibility index (Phi) is 1.48. The van der Waals surface area contributed by atoms with E-state index in [4.69, 9.17) is 4.74 Å². The molecule has 11 heavy (non-hydrogen) atoms. The van der Waals surface area contributed by atoms with Gasteiger partial charge in [0.2, 0.25) is 0 Å². The van der Waals surface area contributed by atoms with Crippen LogP contribution in [-0.4, -0.2) is 12.1 Å². The Morgan fingerprint density at radius 1 is 1.45 bits per heavy atom. The summed E-state index contributed by atoms with van der Waals surface area (Å²) < 4.78 is 5.13. The maximum Gasteiger partial charge on any atom is 0.309 e. The lowest BCUT2D eigenvalue weighted by atomic mass is 9.82. The van der Waals surface area contributed by atoms with Crippen LogP contribution in [0.2, 0.25) is 0 Å². The molecule has 0 radical (unpaired) electrons. The van der Waals surface area contributed by atoms with Crippen molar-refractivity contribution in [2.75, 3.05) is 0 Å². The zero-order chi connectivity index (χ0) is 7.84. The molecule has 2 nitrogen and oxygen atoms in total. The van der Waals surface area contributed by atoms with E-state index in [9.17, 15) is 4.79 Å². The highest BCUT2D eigenvalue weighted by Crippen LogP contribution is 2.36. The van der Waals surface area contributed by atoms with Crippen LogP contribution in [0, 0.1) is 11.8 Å². The first-order chi connectivity index (χ1) is 5.29. The molecule has 0 spiro atoms. The zero-order valence-electron chi connectivity index (χ0n) is 6.62. The Bertz CT molecular complexity index is 208. The third kappa shape index (κ3) is 0.971. The predicted octanol–water partition coefficient (Wildman–Crippen LogP) is 1.51. The summed E-state index contributed by atoms with van der Waals surface area (Å²) in [6.45, 7) is 1.99. The zero-order valence-corrected chi connectivity index (χ0v) is 6.62. The minimum Gasteiger partial charge on any atom is -0.462 e. The molecule has 0 unspecified atom stereocenters. The van der Waals surface area contributed by atoms with E-state index in [1.807, 2.05) is 6.92 Å². The third-order valence-corrected chi connectivity index (χ3v) is 2.69. The van der Waals surface area contributed by atoms with Gasteiger partial charge in [-0.25, -0.2) is 0 Å². The van der Waals surface area contributed by atoms with E-state index in [2.05, 4.69) is 12.2 Å². The Hall–Kier alpha value is -0.790. The molecule has 0 bridgehead atoms. The van der Waals surface area contributed by atoms with Crippen LogP contribution < -0.4 is 0 Å². The lowest BCUT2D eigenvalue weighted by Crippen LogP contribution is -2.20. The number of carbonyl (C=O) groups is 1. The van der Waals surface area contributed by atoms with Crippen molar-refractivity contribution in [3.05, 3.63) is 12.2 Å². The highest BCUT2D eigenvalue weighted by molar-refractivity contribution is 5.75. The van der Waals surface area contributed by atoms with E-state index in [-0.39, 0.29) is 18.0 Å². The third-order valence-electron chi connectivity index (χ3n) is 2.69. The molecule has 1 fully saturated rings. The lowest BCUT2D eigenvalue weighted by molar-refractivity contribution is -0.143.